The molecule has 0 unspecified atom stereocenters. The van der Waals surface area contributed by atoms with E-state index in [1.54, 1.807) is 6.20 Å². The maximum Gasteiger partial charge on any atom is 0.243 e. The van der Waals surface area contributed by atoms with Crippen molar-refractivity contribution in [1.82, 2.24) is 15.2 Å². The molecule has 3 rings (SSSR count). The Balaban J connectivity index is 1.88. The zero-order valence-electron chi connectivity index (χ0n) is 10.3. The van der Waals surface area contributed by atoms with Crippen molar-refractivity contribution >= 4 is 22.7 Å². The number of hydrogen-bond donors (Lipinski definition) is 1. The van der Waals surface area contributed by atoms with E-state index >= 15 is 0 Å². The Morgan fingerprint density at radius 2 is 1.95 bits per heavy atom. The largest absolute Gasteiger partial charge is 0.300 e. The molecule has 96 valence electrons. The summed E-state index contributed by atoms with van der Waals surface area (Å²) in [5.74, 6) is -0.356. The Bertz CT molecular complexity index is 638. The minimum Gasteiger partial charge on any atom is -0.300 e. The maximum absolute atomic E-state index is 11.7. The average Bonchev–Trinajstić information content (AvgIpc) is 2.43. The SMILES string of the molecule is O=C1CNCC(=O)N1Cc1ccc2ncccc2c1. The standard InChI is InChI=1S/C14H13N3O2/c18-13-7-15-8-14(19)17(13)9-10-3-4-12-11(6-10)2-1-5-16-12/h1-6,15H,7-9H2. The van der Waals surface area contributed by atoms with Gasteiger partial charge in [0.25, 0.3) is 0 Å². The van der Waals surface area contributed by atoms with Gasteiger partial charge in [-0.2, -0.15) is 0 Å². The van der Waals surface area contributed by atoms with Gasteiger partial charge in [0, 0.05) is 11.6 Å². The molecule has 0 radical (unpaired) electrons. The number of amides is 2. The Morgan fingerprint density at radius 3 is 2.74 bits per heavy atom. The first-order valence-corrected chi connectivity index (χ1v) is 6.11. The number of imide groups is 1. The third kappa shape index (κ3) is 2.32. The van der Waals surface area contributed by atoms with Gasteiger partial charge in [-0.1, -0.05) is 12.1 Å². The number of carbonyl (C=O) groups excluding carboxylic acids is 2. The van der Waals surface area contributed by atoms with E-state index in [2.05, 4.69) is 10.3 Å². The van der Waals surface area contributed by atoms with Crippen molar-refractivity contribution in [2.24, 2.45) is 0 Å². The normalized spacial score (nSPS) is 16.1. The Hall–Kier alpha value is -2.27. The third-order valence-electron chi connectivity index (χ3n) is 3.16. The second-order valence-electron chi connectivity index (χ2n) is 4.51. The molecule has 0 spiro atoms. The average molecular weight is 255 g/mol. The van der Waals surface area contributed by atoms with E-state index in [1.807, 2.05) is 30.3 Å². The molecule has 0 atom stereocenters. The number of fused-ring (bicyclic) bond motifs is 1. The smallest absolute Gasteiger partial charge is 0.243 e. The highest BCUT2D eigenvalue weighted by molar-refractivity contribution is 5.99. The molecule has 2 heterocycles. The third-order valence-corrected chi connectivity index (χ3v) is 3.16. The first-order chi connectivity index (χ1) is 9.24. The van der Waals surface area contributed by atoms with Crippen molar-refractivity contribution in [2.45, 2.75) is 6.54 Å². The summed E-state index contributed by atoms with van der Waals surface area (Å²) < 4.78 is 0. The zero-order chi connectivity index (χ0) is 13.2. The van der Waals surface area contributed by atoms with E-state index in [0.29, 0.717) is 6.54 Å². The monoisotopic (exact) mass is 255 g/mol. The van der Waals surface area contributed by atoms with Crippen LogP contribution < -0.4 is 5.32 Å². The summed E-state index contributed by atoms with van der Waals surface area (Å²) in [5, 5.41) is 3.79. The number of carbonyl (C=O) groups is 2. The van der Waals surface area contributed by atoms with Crippen LogP contribution in [0.4, 0.5) is 0 Å². The van der Waals surface area contributed by atoms with Gasteiger partial charge in [0.15, 0.2) is 0 Å². The topological polar surface area (TPSA) is 62.3 Å². The molecule has 0 bridgehead atoms. The van der Waals surface area contributed by atoms with Crippen molar-refractivity contribution in [3.05, 3.63) is 42.1 Å². The van der Waals surface area contributed by atoms with Crippen LogP contribution in [0.15, 0.2) is 36.5 Å². The van der Waals surface area contributed by atoms with Crippen LogP contribution >= 0.6 is 0 Å². The van der Waals surface area contributed by atoms with Crippen LogP contribution in [0, 0.1) is 0 Å². The van der Waals surface area contributed by atoms with Crippen molar-refractivity contribution in [2.75, 3.05) is 13.1 Å². The number of hydrogen-bond acceptors (Lipinski definition) is 4. The summed E-state index contributed by atoms with van der Waals surface area (Å²) in [6.45, 7) is 0.770. The fourth-order valence-electron chi connectivity index (χ4n) is 2.19. The molecule has 1 saturated heterocycles. The lowest BCUT2D eigenvalue weighted by Crippen LogP contribution is -2.51. The second kappa shape index (κ2) is 4.78. The summed E-state index contributed by atoms with van der Waals surface area (Å²) in [6, 6.07) is 9.60. The molecule has 1 aliphatic rings. The number of benzene rings is 1. The molecule has 2 amide bonds. The molecule has 1 aromatic carbocycles. The van der Waals surface area contributed by atoms with Crippen LogP contribution in [0.3, 0.4) is 0 Å². The van der Waals surface area contributed by atoms with Crippen molar-refractivity contribution in [3.63, 3.8) is 0 Å². The Kier molecular flexibility index (Phi) is 2.97. The number of nitrogens with zero attached hydrogens (tertiary/aromatic N) is 2. The molecule has 2 aromatic rings. The van der Waals surface area contributed by atoms with Gasteiger partial charge in [0.1, 0.15) is 0 Å². The van der Waals surface area contributed by atoms with Crippen LogP contribution in [0.25, 0.3) is 10.9 Å². The van der Waals surface area contributed by atoms with Gasteiger partial charge < -0.3 is 0 Å². The highest BCUT2D eigenvalue weighted by Gasteiger charge is 2.25. The van der Waals surface area contributed by atoms with E-state index in [9.17, 15) is 9.59 Å². The van der Waals surface area contributed by atoms with E-state index in [-0.39, 0.29) is 24.9 Å². The molecule has 1 fully saturated rings. The lowest BCUT2D eigenvalue weighted by Gasteiger charge is -2.25. The number of piperazine rings is 1. The van der Waals surface area contributed by atoms with Gasteiger partial charge in [0.05, 0.1) is 25.2 Å². The van der Waals surface area contributed by atoms with E-state index in [1.165, 1.54) is 4.90 Å². The molecular weight excluding hydrogens is 242 g/mol. The van der Waals surface area contributed by atoms with Crippen LogP contribution in [0.5, 0.6) is 0 Å². The van der Waals surface area contributed by atoms with Gasteiger partial charge in [0.2, 0.25) is 11.8 Å². The molecule has 19 heavy (non-hydrogen) atoms. The quantitative estimate of drug-likeness (QED) is 0.802. The van der Waals surface area contributed by atoms with Gasteiger partial charge in [-0.05, 0) is 23.8 Å². The number of aromatic nitrogens is 1. The molecule has 0 saturated carbocycles. The van der Waals surface area contributed by atoms with Crippen molar-refractivity contribution in [3.8, 4) is 0 Å². The molecule has 5 heteroatoms. The molecule has 5 nitrogen and oxygen atoms in total. The Morgan fingerprint density at radius 1 is 1.16 bits per heavy atom. The minimum atomic E-state index is -0.178. The van der Waals surface area contributed by atoms with Crippen LogP contribution in [-0.4, -0.2) is 34.8 Å². The summed E-state index contributed by atoms with van der Waals surface area (Å²) in [6.07, 6.45) is 1.74. The van der Waals surface area contributed by atoms with Crippen LogP contribution in [0.2, 0.25) is 0 Å². The van der Waals surface area contributed by atoms with Crippen molar-refractivity contribution < 1.29 is 9.59 Å². The predicted octanol–water partition coefficient (Wildman–Crippen LogP) is 0.693. The number of rotatable bonds is 2. The molecule has 0 aliphatic carbocycles. The molecule has 1 aromatic heterocycles. The zero-order valence-corrected chi connectivity index (χ0v) is 10.3. The van der Waals surface area contributed by atoms with Crippen LogP contribution in [0.1, 0.15) is 5.56 Å². The molecular formula is C14H13N3O2. The second-order valence-corrected chi connectivity index (χ2v) is 4.51. The first-order valence-electron chi connectivity index (χ1n) is 6.11. The summed E-state index contributed by atoms with van der Waals surface area (Å²) in [5.41, 5.74) is 1.84. The van der Waals surface area contributed by atoms with Crippen LogP contribution in [-0.2, 0) is 16.1 Å². The number of nitrogens with one attached hydrogen (secondary N) is 1. The number of pyridine rings is 1. The molecule has 1 aliphatic heterocycles. The Labute approximate surface area is 110 Å². The predicted molar refractivity (Wildman–Crippen MR) is 70.2 cm³/mol. The summed E-state index contributed by atoms with van der Waals surface area (Å²) in [7, 11) is 0. The minimum absolute atomic E-state index is 0.178. The van der Waals surface area contributed by atoms with Crippen molar-refractivity contribution in [1.29, 1.82) is 0 Å². The van der Waals surface area contributed by atoms with E-state index < -0.39 is 0 Å². The fourth-order valence-corrected chi connectivity index (χ4v) is 2.19. The fraction of sp³-hybridized carbons (Fsp3) is 0.214. The molecule has 1 N–H and O–H groups in total. The first kappa shape index (κ1) is 11.8. The maximum atomic E-state index is 11.7. The van der Waals surface area contributed by atoms with E-state index in [4.69, 9.17) is 0 Å². The van der Waals surface area contributed by atoms with Gasteiger partial charge in [-0.25, -0.2) is 0 Å². The highest BCUT2D eigenvalue weighted by Crippen LogP contribution is 2.15. The van der Waals surface area contributed by atoms with Gasteiger partial charge >= 0.3 is 0 Å². The lowest BCUT2D eigenvalue weighted by atomic mass is 10.1. The lowest BCUT2D eigenvalue weighted by molar-refractivity contribution is -0.147. The highest BCUT2D eigenvalue weighted by atomic mass is 16.2. The van der Waals surface area contributed by atoms with E-state index in [0.717, 1.165) is 16.5 Å². The van der Waals surface area contributed by atoms with Gasteiger partial charge in [-0.3, -0.25) is 24.8 Å². The summed E-state index contributed by atoms with van der Waals surface area (Å²) in [4.78, 5) is 28.9. The van der Waals surface area contributed by atoms with Gasteiger partial charge in [-0.15, -0.1) is 0 Å². The summed E-state index contributed by atoms with van der Waals surface area (Å²) >= 11 is 0.